The van der Waals surface area contributed by atoms with Crippen molar-refractivity contribution in [1.29, 1.82) is 0 Å². The molecule has 0 bridgehead atoms. The molecule has 1 saturated carbocycles. The topological polar surface area (TPSA) is 76.7 Å². The van der Waals surface area contributed by atoms with Gasteiger partial charge in [0.1, 0.15) is 0 Å². The number of nitrogens with two attached hydrogens (primary N) is 1. The predicted octanol–water partition coefficient (Wildman–Crippen LogP) is 1.93. The molecule has 2 aliphatic rings. The minimum Gasteiger partial charge on any atom is -0.454 e. The van der Waals surface area contributed by atoms with Gasteiger partial charge in [0.15, 0.2) is 11.5 Å². The van der Waals surface area contributed by atoms with E-state index in [4.69, 9.17) is 15.2 Å². The maximum atomic E-state index is 9.45. The molecule has 6 heteroatoms. The average Bonchev–Trinajstić information content (AvgIpc) is 3.13. The molecule has 0 saturated heterocycles. The summed E-state index contributed by atoms with van der Waals surface area (Å²) in [6.45, 7) is 0.994. The van der Waals surface area contributed by atoms with Crippen LogP contribution >= 0.6 is 15.9 Å². The number of ether oxygens (including phenoxy) is 2. The van der Waals surface area contributed by atoms with E-state index < -0.39 is 0 Å². The van der Waals surface area contributed by atoms with Crippen molar-refractivity contribution in [2.24, 2.45) is 11.7 Å². The number of halogens is 1. The maximum absolute atomic E-state index is 9.45. The average molecular weight is 357 g/mol. The van der Waals surface area contributed by atoms with Crippen LogP contribution in [0.1, 0.15) is 30.9 Å². The lowest BCUT2D eigenvalue weighted by molar-refractivity contribution is 0.173. The molecule has 3 rings (SSSR count). The first-order chi connectivity index (χ1) is 10.2. The lowest BCUT2D eigenvalue weighted by Crippen LogP contribution is -2.39. The molecule has 3 unspecified atom stereocenters. The molecule has 1 aliphatic carbocycles. The summed E-state index contributed by atoms with van der Waals surface area (Å²) in [7, 11) is 0. The number of fused-ring (bicyclic) bond motifs is 1. The highest BCUT2D eigenvalue weighted by Crippen LogP contribution is 2.41. The standard InChI is InChI=1S/C15H21BrN2O3/c16-11-4-10(5-14-15(11)21-8-20-14)13(6-17)18-12-3-1-2-9(12)7-19/h4-5,9,12-13,18-19H,1-3,6-8,17H2. The second-order valence-electron chi connectivity index (χ2n) is 5.67. The molecular weight excluding hydrogens is 336 g/mol. The van der Waals surface area contributed by atoms with Gasteiger partial charge in [-0.25, -0.2) is 0 Å². The van der Waals surface area contributed by atoms with Gasteiger partial charge in [0.25, 0.3) is 0 Å². The van der Waals surface area contributed by atoms with E-state index in [1.165, 1.54) is 0 Å². The maximum Gasteiger partial charge on any atom is 0.231 e. The summed E-state index contributed by atoms with van der Waals surface area (Å²) in [5.41, 5.74) is 7.03. The Bertz CT molecular complexity index is 512. The monoisotopic (exact) mass is 356 g/mol. The van der Waals surface area contributed by atoms with Crippen molar-refractivity contribution >= 4 is 15.9 Å². The minimum atomic E-state index is 0.0490. The van der Waals surface area contributed by atoms with Crippen molar-refractivity contribution in [3.63, 3.8) is 0 Å². The van der Waals surface area contributed by atoms with Crippen LogP contribution < -0.4 is 20.5 Å². The van der Waals surface area contributed by atoms with E-state index in [0.717, 1.165) is 40.8 Å². The molecule has 0 aromatic heterocycles. The third-order valence-corrected chi connectivity index (χ3v) is 4.99. The van der Waals surface area contributed by atoms with Crippen molar-refractivity contribution in [1.82, 2.24) is 5.32 Å². The van der Waals surface area contributed by atoms with E-state index in [1.54, 1.807) is 0 Å². The number of hydrogen-bond donors (Lipinski definition) is 3. The second-order valence-corrected chi connectivity index (χ2v) is 6.53. The Kier molecular flexibility index (Phi) is 4.69. The molecule has 0 radical (unpaired) electrons. The lowest BCUT2D eigenvalue weighted by Gasteiger charge is -2.26. The van der Waals surface area contributed by atoms with Gasteiger partial charge in [-0.1, -0.05) is 6.42 Å². The third-order valence-electron chi connectivity index (χ3n) is 4.40. The summed E-state index contributed by atoms with van der Waals surface area (Å²) in [6, 6.07) is 4.39. The van der Waals surface area contributed by atoms with Gasteiger partial charge < -0.3 is 25.6 Å². The Morgan fingerprint density at radius 3 is 3.00 bits per heavy atom. The molecule has 4 N–H and O–H groups in total. The SMILES string of the molecule is NCC(NC1CCCC1CO)c1cc(Br)c2c(c1)OCO2. The molecule has 3 atom stereocenters. The Hall–Kier alpha value is -0.820. The third kappa shape index (κ3) is 3.04. The van der Waals surface area contributed by atoms with Crippen molar-refractivity contribution in [2.75, 3.05) is 19.9 Å². The molecule has 0 spiro atoms. The molecule has 1 aliphatic heterocycles. The highest BCUT2D eigenvalue weighted by atomic mass is 79.9. The summed E-state index contributed by atoms with van der Waals surface area (Å²) in [6.07, 6.45) is 3.33. The van der Waals surface area contributed by atoms with Gasteiger partial charge in [0, 0.05) is 25.2 Å². The van der Waals surface area contributed by atoms with Crippen LogP contribution in [0, 0.1) is 5.92 Å². The highest BCUT2D eigenvalue weighted by Gasteiger charge is 2.29. The van der Waals surface area contributed by atoms with E-state index in [2.05, 4.69) is 21.2 Å². The van der Waals surface area contributed by atoms with Gasteiger partial charge in [-0.15, -0.1) is 0 Å². The largest absolute Gasteiger partial charge is 0.454 e. The van der Waals surface area contributed by atoms with E-state index in [1.807, 2.05) is 12.1 Å². The fraction of sp³-hybridized carbons (Fsp3) is 0.600. The van der Waals surface area contributed by atoms with E-state index in [-0.39, 0.29) is 19.4 Å². The smallest absolute Gasteiger partial charge is 0.231 e. The first-order valence-electron chi connectivity index (χ1n) is 7.39. The molecule has 21 heavy (non-hydrogen) atoms. The Balaban J connectivity index is 1.78. The Morgan fingerprint density at radius 1 is 1.38 bits per heavy atom. The fourth-order valence-electron chi connectivity index (χ4n) is 3.22. The van der Waals surface area contributed by atoms with Crippen LogP contribution in [-0.4, -0.2) is 31.1 Å². The zero-order valence-electron chi connectivity index (χ0n) is 11.8. The van der Waals surface area contributed by atoms with Gasteiger partial charge in [0.05, 0.1) is 4.47 Å². The number of aliphatic hydroxyl groups is 1. The number of nitrogens with one attached hydrogen (secondary N) is 1. The molecule has 1 heterocycles. The first kappa shape index (κ1) is 15.1. The van der Waals surface area contributed by atoms with Crippen molar-refractivity contribution in [3.05, 3.63) is 22.2 Å². The van der Waals surface area contributed by atoms with Crippen molar-refractivity contribution < 1.29 is 14.6 Å². The Labute approximate surface area is 132 Å². The lowest BCUT2D eigenvalue weighted by atomic mass is 10.0. The summed E-state index contributed by atoms with van der Waals surface area (Å²) >= 11 is 3.52. The molecule has 5 nitrogen and oxygen atoms in total. The molecule has 0 amide bonds. The quantitative estimate of drug-likeness (QED) is 0.751. The second kappa shape index (κ2) is 6.52. The number of benzene rings is 1. The summed E-state index contributed by atoms with van der Waals surface area (Å²) in [4.78, 5) is 0. The number of hydrogen-bond acceptors (Lipinski definition) is 5. The highest BCUT2D eigenvalue weighted by molar-refractivity contribution is 9.10. The van der Waals surface area contributed by atoms with Crippen LogP contribution in [-0.2, 0) is 0 Å². The molecule has 1 aromatic rings. The number of aliphatic hydroxyl groups excluding tert-OH is 1. The van der Waals surface area contributed by atoms with Crippen LogP contribution in [0.2, 0.25) is 0 Å². The van der Waals surface area contributed by atoms with Gasteiger partial charge in [-0.3, -0.25) is 0 Å². The van der Waals surface area contributed by atoms with Gasteiger partial charge >= 0.3 is 0 Å². The predicted molar refractivity (Wildman–Crippen MR) is 83.4 cm³/mol. The molecule has 1 aromatic carbocycles. The van der Waals surface area contributed by atoms with Gasteiger partial charge in [-0.2, -0.15) is 0 Å². The van der Waals surface area contributed by atoms with Gasteiger partial charge in [-0.05, 0) is 52.4 Å². The van der Waals surface area contributed by atoms with Crippen LogP contribution in [0.5, 0.6) is 11.5 Å². The Morgan fingerprint density at radius 2 is 2.24 bits per heavy atom. The van der Waals surface area contributed by atoms with E-state index >= 15 is 0 Å². The van der Waals surface area contributed by atoms with Crippen LogP contribution in [0.4, 0.5) is 0 Å². The molecular formula is C15H21BrN2O3. The van der Waals surface area contributed by atoms with E-state index in [9.17, 15) is 5.11 Å². The summed E-state index contributed by atoms with van der Waals surface area (Å²) in [5.74, 6) is 1.84. The fourth-order valence-corrected chi connectivity index (χ4v) is 3.80. The summed E-state index contributed by atoms with van der Waals surface area (Å²) < 4.78 is 11.8. The van der Waals surface area contributed by atoms with Gasteiger partial charge in [0.2, 0.25) is 6.79 Å². The van der Waals surface area contributed by atoms with Crippen LogP contribution in [0.15, 0.2) is 16.6 Å². The normalized spacial score (nSPS) is 25.3. The van der Waals surface area contributed by atoms with Crippen LogP contribution in [0.3, 0.4) is 0 Å². The van der Waals surface area contributed by atoms with Crippen LogP contribution in [0.25, 0.3) is 0 Å². The minimum absolute atomic E-state index is 0.0490. The number of rotatable bonds is 5. The summed E-state index contributed by atoms with van der Waals surface area (Å²) in [5, 5.41) is 13.0. The molecule has 116 valence electrons. The first-order valence-corrected chi connectivity index (χ1v) is 8.18. The zero-order valence-corrected chi connectivity index (χ0v) is 13.4. The zero-order chi connectivity index (χ0) is 14.8. The molecule has 1 fully saturated rings. The van der Waals surface area contributed by atoms with Crippen molar-refractivity contribution in [2.45, 2.75) is 31.3 Å². The van der Waals surface area contributed by atoms with Crippen molar-refractivity contribution in [3.8, 4) is 11.5 Å². The van der Waals surface area contributed by atoms with E-state index in [0.29, 0.717) is 18.5 Å².